The van der Waals surface area contributed by atoms with Crippen LogP contribution < -0.4 is 4.90 Å². The predicted molar refractivity (Wildman–Crippen MR) is 128 cm³/mol. The van der Waals surface area contributed by atoms with Gasteiger partial charge >= 0.3 is 0 Å². The van der Waals surface area contributed by atoms with Crippen molar-refractivity contribution in [1.82, 2.24) is 0 Å². The van der Waals surface area contributed by atoms with Gasteiger partial charge in [-0.1, -0.05) is 84.9 Å². The lowest BCUT2D eigenvalue weighted by atomic mass is 10.0. The number of benzene rings is 4. The van der Waals surface area contributed by atoms with Gasteiger partial charge in [0, 0.05) is 9.13 Å². The maximum Gasteiger partial charge on any atom is 0.258 e. The van der Waals surface area contributed by atoms with Gasteiger partial charge in [0.05, 0.1) is 12.2 Å². The van der Waals surface area contributed by atoms with Crippen LogP contribution in [0.3, 0.4) is 0 Å². The largest absolute Gasteiger partial charge is 0.303 e. The Bertz CT molecular complexity index is 1090. The molecule has 0 heterocycles. The highest BCUT2D eigenvalue weighted by molar-refractivity contribution is 14.1. The fourth-order valence-corrected chi connectivity index (χ4v) is 3.97. The lowest BCUT2D eigenvalue weighted by Crippen LogP contribution is -2.31. The Kier molecular flexibility index (Phi) is 6.06. The zero-order valence-electron chi connectivity index (χ0n) is 15.8. The third-order valence-corrected chi connectivity index (χ3v) is 5.72. The number of hydrogen-bond acceptors (Lipinski definition) is 1. The van der Waals surface area contributed by atoms with E-state index < -0.39 is 0 Å². The van der Waals surface area contributed by atoms with Crippen LogP contribution in [0.5, 0.6) is 0 Å². The molecule has 0 N–H and O–H groups in total. The minimum absolute atomic E-state index is 0.00224. The summed E-state index contributed by atoms with van der Waals surface area (Å²) in [4.78, 5) is 15.3. The van der Waals surface area contributed by atoms with Crippen molar-refractivity contribution in [2.75, 3.05) is 4.90 Å². The molecule has 0 aliphatic rings. The van der Waals surface area contributed by atoms with E-state index >= 15 is 0 Å². The molecule has 2 nitrogen and oxygen atoms in total. The molecule has 0 bridgehead atoms. The number of anilines is 1. The third kappa shape index (κ3) is 4.57. The van der Waals surface area contributed by atoms with Gasteiger partial charge in [-0.25, -0.2) is 0 Å². The molecule has 142 valence electrons. The summed E-state index contributed by atoms with van der Waals surface area (Å²) in [7, 11) is 0. The second-order valence-electron chi connectivity index (χ2n) is 6.77. The van der Waals surface area contributed by atoms with Crippen LogP contribution in [0.2, 0.25) is 0 Å². The van der Waals surface area contributed by atoms with Crippen molar-refractivity contribution in [2.45, 2.75) is 6.54 Å². The number of carbonyl (C=O) groups excluding carboxylic acids is 1. The molecular weight excluding hydrogens is 469 g/mol. The maximum atomic E-state index is 13.5. The zero-order valence-corrected chi connectivity index (χ0v) is 18.0. The van der Waals surface area contributed by atoms with Gasteiger partial charge in [0.15, 0.2) is 0 Å². The van der Waals surface area contributed by atoms with Crippen molar-refractivity contribution >= 4 is 34.2 Å². The summed E-state index contributed by atoms with van der Waals surface area (Å²) in [5, 5.41) is 0. The Labute approximate surface area is 185 Å². The van der Waals surface area contributed by atoms with E-state index in [2.05, 4.69) is 46.9 Å². The molecule has 4 rings (SSSR count). The second kappa shape index (κ2) is 9.05. The zero-order chi connectivity index (χ0) is 20.1. The first-order chi connectivity index (χ1) is 14.2. The van der Waals surface area contributed by atoms with Crippen LogP contribution in [0, 0.1) is 3.57 Å². The van der Waals surface area contributed by atoms with E-state index in [0.29, 0.717) is 12.1 Å². The van der Waals surface area contributed by atoms with Crippen molar-refractivity contribution in [1.29, 1.82) is 0 Å². The van der Waals surface area contributed by atoms with Gasteiger partial charge in [0.25, 0.3) is 5.91 Å². The average molecular weight is 489 g/mol. The molecule has 0 fully saturated rings. The summed E-state index contributed by atoms with van der Waals surface area (Å²) in [6.45, 7) is 0.528. The van der Waals surface area contributed by atoms with Crippen LogP contribution in [0.1, 0.15) is 15.9 Å². The average Bonchev–Trinajstić information content (AvgIpc) is 2.79. The molecule has 3 heteroatoms. The van der Waals surface area contributed by atoms with Gasteiger partial charge < -0.3 is 4.90 Å². The molecule has 0 saturated carbocycles. The number of nitrogens with zero attached hydrogens (tertiary/aromatic N) is 1. The Morgan fingerprint density at radius 3 is 1.86 bits per heavy atom. The Hall–Kier alpha value is -2.92. The standard InChI is InChI=1S/C26H20INO/c27-24-13-7-8-14-25(24)28(19-20-9-3-1-4-10-20)26(29)23-17-15-22(16-18-23)21-11-5-2-6-12-21/h1-18H,19H2. The summed E-state index contributed by atoms with van der Waals surface area (Å²) in [6.07, 6.45) is 0. The number of carbonyl (C=O) groups is 1. The Morgan fingerprint density at radius 2 is 1.21 bits per heavy atom. The van der Waals surface area contributed by atoms with E-state index in [9.17, 15) is 4.79 Å². The molecule has 4 aromatic carbocycles. The molecule has 0 aliphatic heterocycles. The summed E-state index contributed by atoms with van der Waals surface area (Å²) < 4.78 is 1.05. The molecule has 0 saturated heterocycles. The van der Waals surface area contributed by atoms with E-state index in [4.69, 9.17) is 0 Å². The molecule has 0 aromatic heterocycles. The topological polar surface area (TPSA) is 20.3 Å². The quantitative estimate of drug-likeness (QED) is 0.282. The SMILES string of the molecule is O=C(c1ccc(-c2ccccc2)cc1)N(Cc1ccccc1)c1ccccc1I. The van der Waals surface area contributed by atoms with Crippen molar-refractivity contribution < 1.29 is 4.79 Å². The highest BCUT2D eigenvalue weighted by atomic mass is 127. The first-order valence-electron chi connectivity index (χ1n) is 9.48. The minimum Gasteiger partial charge on any atom is -0.303 e. The fraction of sp³-hybridized carbons (Fsp3) is 0.0385. The first kappa shape index (κ1) is 19.4. The highest BCUT2D eigenvalue weighted by Gasteiger charge is 2.20. The van der Waals surface area contributed by atoms with Crippen LogP contribution >= 0.6 is 22.6 Å². The normalized spacial score (nSPS) is 10.5. The molecule has 1 amide bonds. The predicted octanol–water partition coefficient (Wildman–Crippen LogP) is 6.81. The highest BCUT2D eigenvalue weighted by Crippen LogP contribution is 2.27. The lowest BCUT2D eigenvalue weighted by molar-refractivity contribution is 0.0985. The van der Waals surface area contributed by atoms with Crippen LogP contribution in [-0.4, -0.2) is 5.91 Å². The van der Waals surface area contributed by atoms with E-state index in [-0.39, 0.29) is 5.91 Å². The molecule has 29 heavy (non-hydrogen) atoms. The lowest BCUT2D eigenvalue weighted by Gasteiger charge is -2.24. The van der Waals surface area contributed by atoms with Crippen molar-refractivity contribution in [3.8, 4) is 11.1 Å². The van der Waals surface area contributed by atoms with Gasteiger partial charge in [0.2, 0.25) is 0 Å². The summed E-state index contributed by atoms with van der Waals surface area (Å²) in [5.74, 6) is -0.00224. The smallest absolute Gasteiger partial charge is 0.258 e. The van der Waals surface area contributed by atoms with Gasteiger partial charge in [0.1, 0.15) is 0 Å². The van der Waals surface area contributed by atoms with Crippen LogP contribution in [0.4, 0.5) is 5.69 Å². The minimum atomic E-state index is -0.00224. The number of amides is 1. The Balaban J connectivity index is 1.67. The van der Waals surface area contributed by atoms with Crippen LogP contribution in [-0.2, 0) is 6.54 Å². The van der Waals surface area contributed by atoms with E-state index in [0.717, 1.165) is 25.9 Å². The first-order valence-corrected chi connectivity index (χ1v) is 10.6. The third-order valence-electron chi connectivity index (χ3n) is 4.81. The van der Waals surface area contributed by atoms with Crippen LogP contribution in [0.25, 0.3) is 11.1 Å². The van der Waals surface area contributed by atoms with E-state index in [1.807, 2.05) is 89.8 Å². The molecule has 0 spiro atoms. The summed E-state index contributed by atoms with van der Waals surface area (Å²) in [5.41, 5.74) is 4.95. The molecular formula is C26H20INO. The summed E-state index contributed by atoms with van der Waals surface area (Å²) in [6, 6.07) is 36.1. The molecule has 4 aromatic rings. The summed E-state index contributed by atoms with van der Waals surface area (Å²) >= 11 is 2.29. The van der Waals surface area contributed by atoms with E-state index in [1.54, 1.807) is 0 Å². The fourth-order valence-electron chi connectivity index (χ4n) is 3.29. The van der Waals surface area contributed by atoms with Gasteiger partial charge in [-0.3, -0.25) is 4.79 Å². The molecule has 0 radical (unpaired) electrons. The number of halogens is 1. The van der Waals surface area contributed by atoms with Gasteiger partial charge in [-0.05, 0) is 63.5 Å². The number of para-hydroxylation sites is 1. The molecule has 0 atom stereocenters. The monoisotopic (exact) mass is 489 g/mol. The number of rotatable bonds is 5. The van der Waals surface area contributed by atoms with Crippen molar-refractivity contribution in [3.63, 3.8) is 0 Å². The maximum absolute atomic E-state index is 13.5. The van der Waals surface area contributed by atoms with Crippen molar-refractivity contribution in [2.24, 2.45) is 0 Å². The van der Waals surface area contributed by atoms with Crippen molar-refractivity contribution in [3.05, 3.63) is 124 Å². The molecule has 0 aliphatic carbocycles. The van der Waals surface area contributed by atoms with Gasteiger partial charge in [-0.2, -0.15) is 0 Å². The van der Waals surface area contributed by atoms with E-state index in [1.165, 1.54) is 0 Å². The van der Waals surface area contributed by atoms with Gasteiger partial charge in [-0.15, -0.1) is 0 Å². The molecule has 0 unspecified atom stereocenters. The second-order valence-corrected chi connectivity index (χ2v) is 7.93. The van der Waals surface area contributed by atoms with Crippen LogP contribution in [0.15, 0.2) is 109 Å². The Morgan fingerprint density at radius 1 is 0.655 bits per heavy atom. The number of hydrogen-bond donors (Lipinski definition) is 0.